The van der Waals surface area contributed by atoms with Crippen LogP contribution < -0.4 is 4.74 Å². The summed E-state index contributed by atoms with van der Waals surface area (Å²) in [6, 6.07) is 7.95. The van der Waals surface area contributed by atoms with Gasteiger partial charge in [-0.1, -0.05) is 31.5 Å². The number of aryl methyl sites for hydroxylation is 2. The summed E-state index contributed by atoms with van der Waals surface area (Å²) in [6.07, 6.45) is 0.771. The van der Waals surface area contributed by atoms with Crippen LogP contribution in [-0.2, 0) is 5.41 Å². The molecule has 0 saturated heterocycles. The molecule has 0 unspecified atom stereocenters. The van der Waals surface area contributed by atoms with Gasteiger partial charge in [0.05, 0.1) is 17.3 Å². The molecule has 0 bridgehead atoms. The lowest BCUT2D eigenvalue weighted by Gasteiger charge is -2.22. The van der Waals surface area contributed by atoms with E-state index in [4.69, 9.17) is 9.84 Å². The molecular weight excluding hydrogens is 298 g/mol. The van der Waals surface area contributed by atoms with E-state index in [1.807, 2.05) is 31.2 Å². The molecule has 0 aliphatic rings. The zero-order chi connectivity index (χ0) is 16.3. The van der Waals surface area contributed by atoms with E-state index in [9.17, 15) is 4.79 Å². The Morgan fingerprint density at radius 2 is 1.91 bits per heavy atom. The van der Waals surface area contributed by atoms with Crippen molar-refractivity contribution in [3.63, 3.8) is 0 Å². The topological polar surface area (TPSA) is 59.4 Å². The average Bonchev–Trinajstić information content (AvgIpc) is 2.84. The molecule has 0 aliphatic heterocycles. The lowest BCUT2D eigenvalue weighted by Crippen LogP contribution is -2.20. The van der Waals surface area contributed by atoms with Gasteiger partial charge in [-0.3, -0.25) is 0 Å². The van der Waals surface area contributed by atoms with Crippen LogP contribution in [0.3, 0.4) is 0 Å². The fourth-order valence-corrected chi connectivity index (χ4v) is 3.08. The molecule has 1 heterocycles. The van der Waals surface area contributed by atoms with Crippen LogP contribution in [-0.4, -0.2) is 22.7 Å². The van der Waals surface area contributed by atoms with Crippen LogP contribution in [0.2, 0.25) is 0 Å². The van der Waals surface area contributed by atoms with E-state index in [1.165, 1.54) is 16.9 Å². The molecule has 2 aromatic rings. The molecule has 0 amide bonds. The van der Waals surface area contributed by atoms with Crippen molar-refractivity contribution in [1.82, 2.24) is 4.98 Å². The molecule has 5 heteroatoms. The van der Waals surface area contributed by atoms with Crippen LogP contribution in [0.1, 0.15) is 46.2 Å². The number of carbonyl (C=O) groups is 1. The third kappa shape index (κ3) is 3.85. The van der Waals surface area contributed by atoms with Crippen LogP contribution >= 0.6 is 11.3 Å². The third-order valence-corrected chi connectivity index (χ3v) is 5.10. The smallest absolute Gasteiger partial charge is 0.347 e. The maximum atomic E-state index is 11.1. The standard InChI is InChI=1S/C17H21NO3S/c1-11-5-7-13(8-6-11)21-10-9-17(3,4)16-18-12(2)14(22-16)15(19)20/h5-8H,9-10H2,1-4H3,(H,19,20). The number of ether oxygens (including phenoxy) is 1. The van der Waals surface area contributed by atoms with E-state index >= 15 is 0 Å². The summed E-state index contributed by atoms with van der Waals surface area (Å²) >= 11 is 1.26. The van der Waals surface area contributed by atoms with Crippen molar-refractivity contribution in [1.29, 1.82) is 0 Å². The molecule has 0 fully saturated rings. The summed E-state index contributed by atoms with van der Waals surface area (Å²) in [6.45, 7) is 8.47. The van der Waals surface area contributed by atoms with Crippen molar-refractivity contribution in [2.24, 2.45) is 0 Å². The van der Waals surface area contributed by atoms with E-state index < -0.39 is 5.97 Å². The van der Waals surface area contributed by atoms with Crippen molar-refractivity contribution < 1.29 is 14.6 Å². The van der Waals surface area contributed by atoms with E-state index in [0.29, 0.717) is 17.2 Å². The molecule has 0 atom stereocenters. The highest BCUT2D eigenvalue weighted by Crippen LogP contribution is 2.32. The molecule has 118 valence electrons. The van der Waals surface area contributed by atoms with Gasteiger partial charge >= 0.3 is 5.97 Å². The third-order valence-electron chi connectivity index (χ3n) is 3.59. The van der Waals surface area contributed by atoms with Crippen molar-refractivity contribution >= 4 is 17.3 Å². The molecule has 4 nitrogen and oxygen atoms in total. The van der Waals surface area contributed by atoms with Gasteiger partial charge < -0.3 is 9.84 Å². The summed E-state index contributed by atoms with van der Waals surface area (Å²) in [7, 11) is 0. The number of aromatic nitrogens is 1. The van der Waals surface area contributed by atoms with E-state index in [-0.39, 0.29) is 5.41 Å². The largest absolute Gasteiger partial charge is 0.494 e. The molecule has 1 aromatic carbocycles. The Bertz CT molecular complexity index is 659. The van der Waals surface area contributed by atoms with E-state index in [2.05, 4.69) is 18.8 Å². The first kappa shape index (κ1) is 16.5. The molecule has 1 aromatic heterocycles. The van der Waals surface area contributed by atoms with E-state index in [1.54, 1.807) is 6.92 Å². The minimum absolute atomic E-state index is 0.214. The number of carboxylic acids is 1. The number of nitrogens with zero attached hydrogens (tertiary/aromatic N) is 1. The number of hydrogen-bond acceptors (Lipinski definition) is 4. The van der Waals surface area contributed by atoms with Gasteiger partial charge in [-0.2, -0.15) is 0 Å². The fraction of sp³-hybridized carbons (Fsp3) is 0.412. The Hall–Kier alpha value is -1.88. The van der Waals surface area contributed by atoms with Crippen molar-refractivity contribution in [2.45, 2.75) is 39.5 Å². The Kier molecular flexibility index (Phi) is 4.86. The summed E-state index contributed by atoms with van der Waals surface area (Å²) < 4.78 is 5.76. The molecule has 1 N–H and O–H groups in total. The highest BCUT2D eigenvalue weighted by Gasteiger charge is 2.27. The van der Waals surface area contributed by atoms with Crippen molar-refractivity contribution in [3.05, 3.63) is 45.4 Å². The van der Waals surface area contributed by atoms with Crippen molar-refractivity contribution in [3.8, 4) is 5.75 Å². The number of benzene rings is 1. The van der Waals surface area contributed by atoms with Gasteiger partial charge in [-0.15, -0.1) is 11.3 Å². The van der Waals surface area contributed by atoms with Gasteiger partial charge in [-0.05, 0) is 32.4 Å². The van der Waals surface area contributed by atoms with Crippen LogP contribution in [0.25, 0.3) is 0 Å². The van der Waals surface area contributed by atoms with Crippen LogP contribution in [0.4, 0.5) is 0 Å². The maximum absolute atomic E-state index is 11.1. The number of carboxylic acid groups (broad SMARTS) is 1. The Morgan fingerprint density at radius 1 is 1.27 bits per heavy atom. The van der Waals surface area contributed by atoms with Gasteiger partial charge in [0.25, 0.3) is 0 Å². The van der Waals surface area contributed by atoms with Gasteiger partial charge in [0, 0.05) is 5.41 Å². The molecule has 0 spiro atoms. The monoisotopic (exact) mass is 319 g/mol. The first-order valence-electron chi connectivity index (χ1n) is 7.20. The second-order valence-corrected chi connectivity index (χ2v) is 7.03. The minimum Gasteiger partial charge on any atom is -0.494 e. The first-order chi connectivity index (χ1) is 10.3. The van der Waals surface area contributed by atoms with E-state index in [0.717, 1.165) is 17.2 Å². The van der Waals surface area contributed by atoms with Gasteiger partial charge in [-0.25, -0.2) is 9.78 Å². The highest BCUT2D eigenvalue weighted by atomic mass is 32.1. The summed E-state index contributed by atoms with van der Waals surface area (Å²) in [5.41, 5.74) is 1.57. The van der Waals surface area contributed by atoms with Gasteiger partial charge in [0.15, 0.2) is 0 Å². The number of thiazole rings is 1. The Labute approximate surface area is 134 Å². The van der Waals surface area contributed by atoms with Crippen LogP contribution in [0, 0.1) is 13.8 Å². The molecular formula is C17H21NO3S. The highest BCUT2D eigenvalue weighted by molar-refractivity contribution is 7.13. The molecule has 2 rings (SSSR count). The maximum Gasteiger partial charge on any atom is 0.347 e. The normalized spacial score (nSPS) is 11.5. The first-order valence-corrected chi connectivity index (χ1v) is 8.02. The zero-order valence-corrected chi connectivity index (χ0v) is 14.2. The predicted octanol–water partition coefficient (Wildman–Crippen LogP) is 4.20. The Morgan fingerprint density at radius 3 is 2.45 bits per heavy atom. The second kappa shape index (κ2) is 6.48. The summed E-state index contributed by atoms with van der Waals surface area (Å²) in [4.78, 5) is 15.9. The van der Waals surface area contributed by atoms with Crippen molar-refractivity contribution in [2.75, 3.05) is 6.61 Å². The molecule has 0 saturated carbocycles. The van der Waals surface area contributed by atoms with Crippen LogP contribution in [0.15, 0.2) is 24.3 Å². The lowest BCUT2D eigenvalue weighted by atomic mass is 9.90. The van der Waals surface area contributed by atoms with Gasteiger partial charge in [0.2, 0.25) is 0 Å². The SMILES string of the molecule is Cc1ccc(OCCC(C)(C)c2nc(C)c(C(=O)O)s2)cc1. The second-order valence-electron chi connectivity index (χ2n) is 6.03. The number of hydrogen-bond donors (Lipinski definition) is 1. The number of aromatic carboxylic acids is 1. The predicted molar refractivity (Wildman–Crippen MR) is 88.1 cm³/mol. The fourth-order valence-electron chi connectivity index (χ4n) is 2.05. The summed E-state index contributed by atoms with van der Waals surface area (Å²) in [5, 5.41) is 9.98. The Balaban J connectivity index is 2.00. The van der Waals surface area contributed by atoms with Crippen LogP contribution in [0.5, 0.6) is 5.75 Å². The molecule has 22 heavy (non-hydrogen) atoms. The lowest BCUT2D eigenvalue weighted by molar-refractivity contribution is 0.0701. The zero-order valence-electron chi connectivity index (χ0n) is 13.3. The molecule has 0 radical (unpaired) electrons. The molecule has 0 aliphatic carbocycles. The van der Waals surface area contributed by atoms with Gasteiger partial charge in [0.1, 0.15) is 10.6 Å². The average molecular weight is 319 g/mol. The summed E-state index contributed by atoms with van der Waals surface area (Å²) in [5.74, 6) is -0.0594. The minimum atomic E-state index is -0.909. The quantitative estimate of drug-likeness (QED) is 0.866. The number of rotatable bonds is 6.